The quantitative estimate of drug-likeness (QED) is 0.487. The third-order valence-corrected chi connectivity index (χ3v) is 4.00. The Labute approximate surface area is 161 Å². The van der Waals surface area contributed by atoms with Crippen molar-refractivity contribution in [2.45, 2.75) is 0 Å². The van der Waals surface area contributed by atoms with Gasteiger partial charge in [0.1, 0.15) is 18.8 Å². The highest BCUT2D eigenvalue weighted by Gasteiger charge is 2.21. The van der Waals surface area contributed by atoms with Crippen LogP contribution in [0.25, 0.3) is 0 Å². The highest BCUT2D eigenvalue weighted by atomic mass is 35.5. The third kappa shape index (κ3) is 4.45. The van der Waals surface area contributed by atoms with E-state index in [0.29, 0.717) is 27.3 Å². The maximum Gasteiger partial charge on any atom is 0.342 e. The fourth-order valence-corrected chi connectivity index (χ4v) is 2.74. The molecule has 0 spiro atoms. The summed E-state index contributed by atoms with van der Waals surface area (Å²) in [5.74, 6) is 0.736. The summed E-state index contributed by atoms with van der Waals surface area (Å²) in [7, 11) is 4.37. The van der Waals surface area contributed by atoms with E-state index in [-0.39, 0.29) is 24.5 Å². The standard InChI is InChI=1S/C18H18Cl2O6/c1-22-14-8-7-11(15(23-2)17(14)24-3)18(21)26-10-9-25-16-12(19)5-4-6-13(16)20/h4-8H,9-10H2,1-3H3. The van der Waals surface area contributed by atoms with Gasteiger partial charge in [0.15, 0.2) is 17.2 Å². The van der Waals surface area contributed by atoms with Gasteiger partial charge in [-0.05, 0) is 24.3 Å². The molecule has 0 aliphatic carbocycles. The lowest BCUT2D eigenvalue weighted by atomic mass is 10.1. The zero-order valence-electron chi connectivity index (χ0n) is 14.5. The topological polar surface area (TPSA) is 63.2 Å². The van der Waals surface area contributed by atoms with Gasteiger partial charge in [0.05, 0.1) is 31.4 Å². The molecule has 0 N–H and O–H groups in total. The molecule has 2 rings (SSSR count). The van der Waals surface area contributed by atoms with E-state index in [9.17, 15) is 4.79 Å². The van der Waals surface area contributed by atoms with Crippen molar-refractivity contribution in [1.82, 2.24) is 0 Å². The molecule has 2 aromatic rings. The number of halogens is 2. The molecule has 0 aromatic heterocycles. The Balaban J connectivity index is 2.02. The van der Waals surface area contributed by atoms with Gasteiger partial charge in [-0.15, -0.1) is 0 Å². The molecule has 8 heteroatoms. The summed E-state index contributed by atoms with van der Waals surface area (Å²) in [6.45, 7) is 0.0860. The summed E-state index contributed by atoms with van der Waals surface area (Å²) in [4.78, 5) is 12.3. The predicted molar refractivity (Wildman–Crippen MR) is 98.3 cm³/mol. The van der Waals surface area contributed by atoms with Gasteiger partial charge in [0, 0.05) is 0 Å². The number of para-hydroxylation sites is 1. The molecule has 0 saturated heterocycles. The van der Waals surface area contributed by atoms with Crippen LogP contribution < -0.4 is 18.9 Å². The van der Waals surface area contributed by atoms with Crippen LogP contribution in [0.3, 0.4) is 0 Å². The molecule has 0 fully saturated rings. The zero-order chi connectivity index (χ0) is 19.1. The average Bonchev–Trinajstić information content (AvgIpc) is 2.65. The van der Waals surface area contributed by atoms with Gasteiger partial charge in [-0.3, -0.25) is 0 Å². The Bertz CT molecular complexity index is 758. The van der Waals surface area contributed by atoms with Crippen LogP contribution in [0.4, 0.5) is 0 Å². The van der Waals surface area contributed by atoms with E-state index < -0.39 is 5.97 Å². The smallest absolute Gasteiger partial charge is 0.342 e. The number of carbonyl (C=O) groups excluding carboxylic acids is 1. The lowest BCUT2D eigenvalue weighted by Gasteiger charge is -2.15. The minimum absolute atomic E-state index is 0.00210. The van der Waals surface area contributed by atoms with Crippen molar-refractivity contribution in [3.8, 4) is 23.0 Å². The Hall–Kier alpha value is -2.31. The van der Waals surface area contributed by atoms with Gasteiger partial charge in [0.25, 0.3) is 0 Å². The summed E-state index contributed by atoms with van der Waals surface area (Å²) in [5.41, 5.74) is 0.209. The van der Waals surface area contributed by atoms with Gasteiger partial charge >= 0.3 is 5.97 Å². The van der Waals surface area contributed by atoms with Crippen LogP contribution in [0.2, 0.25) is 10.0 Å². The molecule has 2 aromatic carbocycles. The summed E-state index contributed by atoms with van der Waals surface area (Å²) in [6.07, 6.45) is 0. The van der Waals surface area contributed by atoms with E-state index in [1.54, 1.807) is 24.3 Å². The molecule has 0 amide bonds. The number of hydrogen-bond donors (Lipinski definition) is 0. The molecule has 140 valence electrons. The van der Waals surface area contributed by atoms with Crippen molar-refractivity contribution in [2.75, 3.05) is 34.5 Å². The Kier molecular flexibility index (Phi) is 7.24. The molecular weight excluding hydrogens is 383 g/mol. The van der Waals surface area contributed by atoms with E-state index in [0.717, 1.165) is 0 Å². The van der Waals surface area contributed by atoms with E-state index >= 15 is 0 Å². The summed E-state index contributed by atoms with van der Waals surface area (Å²) < 4.78 is 26.4. The fraction of sp³-hybridized carbons (Fsp3) is 0.278. The van der Waals surface area contributed by atoms with Crippen molar-refractivity contribution in [3.63, 3.8) is 0 Å². The molecule has 0 atom stereocenters. The SMILES string of the molecule is COc1ccc(C(=O)OCCOc2c(Cl)cccc2Cl)c(OC)c1OC. The second-order valence-corrected chi connectivity index (χ2v) is 5.73. The number of methoxy groups -OCH3 is 3. The lowest BCUT2D eigenvalue weighted by molar-refractivity contribution is 0.0446. The molecule has 0 bridgehead atoms. The van der Waals surface area contributed by atoms with Crippen molar-refractivity contribution in [2.24, 2.45) is 0 Å². The third-order valence-electron chi connectivity index (χ3n) is 3.41. The summed E-state index contributed by atoms with van der Waals surface area (Å²) >= 11 is 12.0. The van der Waals surface area contributed by atoms with Crippen molar-refractivity contribution >= 4 is 29.2 Å². The lowest BCUT2D eigenvalue weighted by Crippen LogP contribution is -2.14. The first-order valence-corrected chi connectivity index (χ1v) is 8.32. The van der Waals surface area contributed by atoms with E-state index in [1.807, 2.05) is 0 Å². The van der Waals surface area contributed by atoms with Gasteiger partial charge in [0.2, 0.25) is 5.75 Å². The molecule has 0 heterocycles. The number of esters is 1. The predicted octanol–water partition coefficient (Wildman–Crippen LogP) is 4.26. The summed E-state index contributed by atoms with van der Waals surface area (Å²) in [5, 5.41) is 0.760. The first kappa shape index (κ1) is 20.0. The first-order chi connectivity index (χ1) is 12.5. The maximum atomic E-state index is 12.3. The number of hydrogen-bond acceptors (Lipinski definition) is 6. The van der Waals surface area contributed by atoms with E-state index in [2.05, 4.69) is 0 Å². The monoisotopic (exact) mass is 400 g/mol. The van der Waals surface area contributed by atoms with Crippen LogP contribution in [-0.4, -0.2) is 40.5 Å². The highest BCUT2D eigenvalue weighted by Crippen LogP contribution is 2.40. The first-order valence-electron chi connectivity index (χ1n) is 7.56. The molecule has 0 aliphatic heterocycles. The molecular formula is C18H18Cl2O6. The molecule has 0 radical (unpaired) electrons. The highest BCUT2D eigenvalue weighted by molar-refractivity contribution is 6.37. The van der Waals surface area contributed by atoms with Crippen LogP contribution >= 0.6 is 23.2 Å². The van der Waals surface area contributed by atoms with E-state index in [1.165, 1.54) is 27.4 Å². The van der Waals surface area contributed by atoms with Crippen LogP contribution in [0.5, 0.6) is 23.0 Å². The molecule has 0 unspecified atom stereocenters. The van der Waals surface area contributed by atoms with E-state index in [4.69, 9.17) is 46.9 Å². The fourth-order valence-electron chi connectivity index (χ4n) is 2.24. The van der Waals surface area contributed by atoms with Gasteiger partial charge < -0.3 is 23.7 Å². The van der Waals surface area contributed by atoms with Gasteiger partial charge in [-0.25, -0.2) is 4.79 Å². The van der Waals surface area contributed by atoms with Crippen molar-refractivity contribution < 1.29 is 28.5 Å². The molecule has 0 aliphatic rings. The molecule has 0 saturated carbocycles. The van der Waals surface area contributed by atoms with Crippen LogP contribution in [0, 0.1) is 0 Å². The largest absolute Gasteiger partial charge is 0.493 e. The van der Waals surface area contributed by atoms with Crippen molar-refractivity contribution in [1.29, 1.82) is 0 Å². The zero-order valence-corrected chi connectivity index (χ0v) is 16.0. The van der Waals surface area contributed by atoms with Crippen molar-refractivity contribution in [3.05, 3.63) is 45.9 Å². The van der Waals surface area contributed by atoms with Crippen LogP contribution in [-0.2, 0) is 4.74 Å². The normalized spacial score (nSPS) is 10.2. The maximum absolute atomic E-state index is 12.3. The van der Waals surface area contributed by atoms with Gasteiger partial charge in [-0.1, -0.05) is 29.3 Å². The Morgan fingerprint density at radius 1 is 0.846 bits per heavy atom. The Morgan fingerprint density at radius 3 is 2.08 bits per heavy atom. The second-order valence-electron chi connectivity index (χ2n) is 4.92. The molecule has 26 heavy (non-hydrogen) atoms. The number of benzene rings is 2. The average molecular weight is 401 g/mol. The number of carbonyl (C=O) groups is 1. The minimum Gasteiger partial charge on any atom is -0.493 e. The molecule has 6 nitrogen and oxygen atoms in total. The number of rotatable bonds is 8. The van der Waals surface area contributed by atoms with Gasteiger partial charge in [-0.2, -0.15) is 0 Å². The number of ether oxygens (including phenoxy) is 5. The minimum atomic E-state index is -0.586. The second kappa shape index (κ2) is 9.40. The summed E-state index contributed by atoms with van der Waals surface area (Å²) in [6, 6.07) is 8.15. The Morgan fingerprint density at radius 2 is 1.50 bits per heavy atom. The van der Waals surface area contributed by atoms with Crippen LogP contribution in [0.15, 0.2) is 30.3 Å². The van der Waals surface area contributed by atoms with Crippen LogP contribution in [0.1, 0.15) is 10.4 Å².